The van der Waals surface area contributed by atoms with E-state index < -0.39 is 11.4 Å². The summed E-state index contributed by atoms with van der Waals surface area (Å²) in [6.07, 6.45) is -0.118. The normalized spacial score (nSPS) is 11.1. The lowest BCUT2D eigenvalue weighted by Crippen LogP contribution is -2.20. The molecule has 98 valence electrons. The number of methoxy groups -OCH3 is 1. The predicted octanol–water partition coefficient (Wildman–Crippen LogP) is 2.55. The lowest BCUT2D eigenvalue weighted by atomic mass is 9.86. The van der Waals surface area contributed by atoms with Gasteiger partial charge in [-0.3, -0.25) is 9.59 Å². The van der Waals surface area contributed by atoms with Crippen LogP contribution in [0, 0.1) is 5.41 Å². The summed E-state index contributed by atoms with van der Waals surface area (Å²) in [5.41, 5.74) is 0.628. The Bertz CT molecular complexity index is 469. The zero-order valence-corrected chi connectivity index (χ0v) is 11.1. The molecule has 4 nitrogen and oxygen atoms in total. The fraction of sp³-hybridized carbons (Fsp3) is 0.429. The molecule has 1 N–H and O–H groups in total. The van der Waals surface area contributed by atoms with Gasteiger partial charge >= 0.3 is 5.97 Å². The number of ether oxygens (including phenoxy) is 1. The van der Waals surface area contributed by atoms with E-state index in [9.17, 15) is 9.59 Å². The van der Waals surface area contributed by atoms with Gasteiger partial charge in [-0.2, -0.15) is 0 Å². The van der Waals surface area contributed by atoms with Crippen molar-refractivity contribution in [3.8, 4) is 5.75 Å². The van der Waals surface area contributed by atoms with E-state index in [2.05, 4.69) is 0 Å². The number of carboxylic acids is 1. The van der Waals surface area contributed by atoms with Gasteiger partial charge in [-0.05, 0) is 6.07 Å². The number of rotatable bonds is 4. The molecule has 0 aliphatic rings. The number of benzene rings is 1. The molecule has 0 aromatic heterocycles. The van der Waals surface area contributed by atoms with E-state index in [4.69, 9.17) is 9.84 Å². The molecule has 1 aromatic carbocycles. The molecule has 0 saturated heterocycles. The van der Waals surface area contributed by atoms with Gasteiger partial charge in [0.05, 0.1) is 13.5 Å². The van der Waals surface area contributed by atoms with Crippen molar-refractivity contribution in [1.29, 1.82) is 0 Å². The van der Waals surface area contributed by atoms with Crippen LogP contribution in [0.4, 0.5) is 0 Å². The maximum Gasteiger partial charge on any atom is 0.307 e. The second kappa shape index (κ2) is 5.21. The molecule has 1 rings (SSSR count). The van der Waals surface area contributed by atoms with Gasteiger partial charge in [-0.25, -0.2) is 0 Å². The highest BCUT2D eigenvalue weighted by Gasteiger charge is 2.23. The van der Waals surface area contributed by atoms with Crippen LogP contribution in [0.2, 0.25) is 0 Å². The Kier molecular flexibility index (Phi) is 4.11. The SMILES string of the molecule is COc1cc(C(=O)C(C)(C)C)ccc1CC(=O)O. The molecule has 0 fully saturated rings. The summed E-state index contributed by atoms with van der Waals surface area (Å²) in [7, 11) is 1.46. The molecule has 0 aliphatic carbocycles. The Hall–Kier alpha value is -1.84. The van der Waals surface area contributed by atoms with Crippen LogP contribution in [0.5, 0.6) is 5.75 Å². The zero-order valence-electron chi connectivity index (χ0n) is 11.1. The third kappa shape index (κ3) is 3.32. The smallest absolute Gasteiger partial charge is 0.307 e. The number of aliphatic carboxylic acids is 1. The summed E-state index contributed by atoms with van der Waals surface area (Å²) in [5, 5.41) is 8.77. The molecular formula is C14H18O4. The lowest BCUT2D eigenvalue weighted by Gasteiger charge is -2.17. The van der Waals surface area contributed by atoms with Crippen molar-refractivity contribution in [1.82, 2.24) is 0 Å². The maximum absolute atomic E-state index is 12.1. The van der Waals surface area contributed by atoms with Gasteiger partial charge in [-0.15, -0.1) is 0 Å². The standard InChI is InChI=1S/C14H18O4/c1-14(2,3)13(17)10-6-5-9(8-12(15)16)11(7-10)18-4/h5-7H,8H2,1-4H3,(H,15,16). The van der Waals surface area contributed by atoms with Crippen LogP contribution >= 0.6 is 0 Å². The first kappa shape index (κ1) is 14.2. The van der Waals surface area contributed by atoms with Gasteiger partial charge in [-0.1, -0.05) is 32.9 Å². The van der Waals surface area contributed by atoms with Crippen molar-refractivity contribution in [3.05, 3.63) is 29.3 Å². The summed E-state index contributed by atoms with van der Waals surface area (Å²) in [6.45, 7) is 5.52. The summed E-state index contributed by atoms with van der Waals surface area (Å²) < 4.78 is 5.13. The van der Waals surface area contributed by atoms with Gasteiger partial charge in [0.1, 0.15) is 5.75 Å². The molecule has 0 saturated carbocycles. The van der Waals surface area contributed by atoms with Crippen molar-refractivity contribution < 1.29 is 19.4 Å². The van der Waals surface area contributed by atoms with Crippen LogP contribution < -0.4 is 4.74 Å². The summed E-state index contributed by atoms with van der Waals surface area (Å²) >= 11 is 0. The van der Waals surface area contributed by atoms with Crippen LogP contribution in [-0.4, -0.2) is 24.0 Å². The van der Waals surface area contributed by atoms with E-state index >= 15 is 0 Å². The highest BCUT2D eigenvalue weighted by molar-refractivity contribution is 6.00. The predicted molar refractivity (Wildman–Crippen MR) is 68.1 cm³/mol. The van der Waals surface area contributed by atoms with Gasteiger partial charge in [0.2, 0.25) is 0 Å². The van der Waals surface area contributed by atoms with Crippen LogP contribution in [0.25, 0.3) is 0 Å². The Morgan fingerprint density at radius 2 is 1.89 bits per heavy atom. The Morgan fingerprint density at radius 1 is 1.28 bits per heavy atom. The van der Waals surface area contributed by atoms with E-state index in [1.807, 2.05) is 20.8 Å². The molecule has 4 heteroatoms. The molecule has 0 spiro atoms. The average molecular weight is 250 g/mol. The van der Waals surface area contributed by atoms with E-state index in [-0.39, 0.29) is 12.2 Å². The number of ketones is 1. The second-order valence-electron chi connectivity index (χ2n) is 5.18. The van der Waals surface area contributed by atoms with Gasteiger partial charge in [0, 0.05) is 16.5 Å². The molecular weight excluding hydrogens is 232 g/mol. The second-order valence-corrected chi connectivity index (χ2v) is 5.18. The fourth-order valence-corrected chi connectivity index (χ4v) is 1.63. The summed E-state index contributed by atoms with van der Waals surface area (Å²) in [6, 6.07) is 4.88. The van der Waals surface area contributed by atoms with Crippen LogP contribution in [0.1, 0.15) is 36.7 Å². The number of hydrogen-bond acceptors (Lipinski definition) is 3. The summed E-state index contributed by atoms with van der Waals surface area (Å²) in [4.78, 5) is 22.8. The average Bonchev–Trinajstić information content (AvgIpc) is 2.26. The number of carboxylic acid groups (broad SMARTS) is 1. The van der Waals surface area contributed by atoms with Crippen LogP contribution in [0.15, 0.2) is 18.2 Å². The minimum Gasteiger partial charge on any atom is -0.496 e. The van der Waals surface area contributed by atoms with Crippen LogP contribution in [0.3, 0.4) is 0 Å². The molecule has 0 radical (unpaired) electrons. The first-order valence-electron chi connectivity index (χ1n) is 5.69. The minimum absolute atomic E-state index is 0.00248. The van der Waals surface area contributed by atoms with E-state index in [1.165, 1.54) is 7.11 Å². The van der Waals surface area contributed by atoms with Crippen molar-refractivity contribution in [2.45, 2.75) is 27.2 Å². The van der Waals surface area contributed by atoms with Crippen molar-refractivity contribution in [2.75, 3.05) is 7.11 Å². The molecule has 0 atom stereocenters. The van der Waals surface area contributed by atoms with Gasteiger partial charge in [0.15, 0.2) is 5.78 Å². The van der Waals surface area contributed by atoms with Gasteiger partial charge in [0.25, 0.3) is 0 Å². The molecule has 1 aromatic rings. The monoisotopic (exact) mass is 250 g/mol. The van der Waals surface area contributed by atoms with Crippen molar-refractivity contribution in [2.24, 2.45) is 5.41 Å². The third-order valence-corrected chi connectivity index (χ3v) is 2.57. The quantitative estimate of drug-likeness (QED) is 0.834. The molecule has 0 unspecified atom stereocenters. The fourth-order valence-electron chi connectivity index (χ4n) is 1.63. The van der Waals surface area contributed by atoms with Crippen molar-refractivity contribution in [3.63, 3.8) is 0 Å². The highest BCUT2D eigenvalue weighted by atomic mass is 16.5. The first-order chi connectivity index (χ1) is 8.25. The third-order valence-electron chi connectivity index (χ3n) is 2.57. The lowest BCUT2D eigenvalue weighted by molar-refractivity contribution is -0.136. The first-order valence-corrected chi connectivity index (χ1v) is 5.69. The molecule has 0 amide bonds. The van der Waals surface area contributed by atoms with E-state index in [0.717, 1.165) is 0 Å². The number of carbonyl (C=O) groups excluding carboxylic acids is 1. The minimum atomic E-state index is -0.928. The largest absolute Gasteiger partial charge is 0.496 e. The van der Waals surface area contributed by atoms with Crippen LogP contribution in [-0.2, 0) is 11.2 Å². The van der Waals surface area contributed by atoms with Gasteiger partial charge < -0.3 is 9.84 Å². The maximum atomic E-state index is 12.1. The molecule has 18 heavy (non-hydrogen) atoms. The zero-order chi connectivity index (χ0) is 13.9. The topological polar surface area (TPSA) is 63.6 Å². The number of Topliss-reactive ketones (excluding diaryl/α,β-unsaturated/α-hetero) is 1. The molecule has 0 heterocycles. The molecule has 0 bridgehead atoms. The Morgan fingerprint density at radius 3 is 2.33 bits per heavy atom. The molecule has 0 aliphatic heterocycles. The Labute approximate surface area is 107 Å². The van der Waals surface area contributed by atoms with E-state index in [0.29, 0.717) is 16.9 Å². The van der Waals surface area contributed by atoms with E-state index in [1.54, 1.807) is 18.2 Å². The number of hydrogen-bond donors (Lipinski definition) is 1. The summed E-state index contributed by atoms with van der Waals surface area (Å²) in [5.74, 6) is -0.488. The van der Waals surface area contributed by atoms with Crippen molar-refractivity contribution >= 4 is 11.8 Å². The number of carbonyl (C=O) groups is 2. The highest BCUT2D eigenvalue weighted by Crippen LogP contribution is 2.26. The Balaban J connectivity index is 3.13.